The highest BCUT2D eigenvalue weighted by Gasteiger charge is 2.14. The van der Waals surface area contributed by atoms with E-state index in [1.165, 1.54) is 0 Å². The van der Waals surface area contributed by atoms with Gasteiger partial charge < -0.3 is 10.1 Å². The SMILES string of the molecule is C=CCC(CCO)CCCSc1nc(-c2ccccc2)c(-c2ccccc2)[nH]1. The lowest BCUT2D eigenvalue weighted by Gasteiger charge is -2.12. The Labute approximate surface area is 171 Å². The zero-order valence-corrected chi connectivity index (χ0v) is 17.0. The third-order valence-corrected chi connectivity index (χ3v) is 5.78. The Bertz CT molecular complexity index is 789. The summed E-state index contributed by atoms with van der Waals surface area (Å²) in [5, 5.41) is 10.2. The first-order valence-corrected chi connectivity index (χ1v) is 10.9. The number of nitrogens with zero attached hydrogens (tertiary/aromatic N) is 1. The average molecular weight is 393 g/mol. The Morgan fingerprint density at radius 2 is 1.68 bits per heavy atom. The number of aliphatic hydroxyl groups excluding tert-OH is 1. The maximum Gasteiger partial charge on any atom is 0.166 e. The highest BCUT2D eigenvalue weighted by atomic mass is 32.2. The van der Waals surface area contributed by atoms with Crippen LogP contribution in [-0.2, 0) is 0 Å². The lowest BCUT2D eigenvalue weighted by atomic mass is 9.97. The monoisotopic (exact) mass is 392 g/mol. The summed E-state index contributed by atoms with van der Waals surface area (Å²) in [5.74, 6) is 1.54. The van der Waals surface area contributed by atoms with Crippen LogP contribution in [0.1, 0.15) is 25.7 Å². The Hall–Kier alpha value is -2.30. The van der Waals surface area contributed by atoms with Crippen molar-refractivity contribution in [2.24, 2.45) is 5.92 Å². The number of benzene rings is 2. The van der Waals surface area contributed by atoms with Crippen LogP contribution in [0.4, 0.5) is 0 Å². The van der Waals surface area contributed by atoms with Gasteiger partial charge in [-0.3, -0.25) is 0 Å². The maximum absolute atomic E-state index is 9.19. The van der Waals surface area contributed by atoms with Crippen LogP contribution in [0.3, 0.4) is 0 Å². The largest absolute Gasteiger partial charge is 0.396 e. The number of allylic oxidation sites excluding steroid dienone is 1. The van der Waals surface area contributed by atoms with E-state index in [0.717, 1.165) is 59.1 Å². The van der Waals surface area contributed by atoms with E-state index in [-0.39, 0.29) is 6.61 Å². The van der Waals surface area contributed by atoms with E-state index >= 15 is 0 Å². The van der Waals surface area contributed by atoms with Crippen molar-refractivity contribution in [1.29, 1.82) is 0 Å². The van der Waals surface area contributed by atoms with Crippen molar-refractivity contribution in [3.63, 3.8) is 0 Å². The molecular formula is C24H28N2OS. The lowest BCUT2D eigenvalue weighted by molar-refractivity contribution is 0.252. The van der Waals surface area contributed by atoms with Crippen molar-refractivity contribution in [2.75, 3.05) is 12.4 Å². The molecule has 146 valence electrons. The van der Waals surface area contributed by atoms with Gasteiger partial charge in [0.2, 0.25) is 0 Å². The minimum atomic E-state index is 0.255. The summed E-state index contributed by atoms with van der Waals surface area (Å²) in [5.41, 5.74) is 4.34. The summed E-state index contributed by atoms with van der Waals surface area (Å²) < 4.78 is 0. The van der Waals surface area contributed by atoms with Gasteiger partial charge in [0.1, 0.15) is 0 Å². The number of aromatic amines is 1. The minimum Gasteiger partial charge on any atom is -0.396 e. The molecule has 0 radical (unpaired) electrons. The van der Waals surface area contributed by atoms with E-state index in [4.69, 9.17) is 4.98 Å². The second-order valence-electron chi connectivity index (χ2n) is 6.89. The molecule has 0 bridgehead atoms. The minimum absolute atomic E-state index is 0.255. The molecule has 2 N–H and O–H groups in total. The molecule has 1 unspecified atom stereocenters. The number of imidazole rings is 1. The van der Waals surface area contributed by atoms with Crippen molar-refractivity contribution < 1.29 is 5.11 Å². The molecule has 0 fully saturated rings. The molecule has 0 spiro atoms. The van der Waals surface area contributed by atoms with Crippen molar-refractivity contribution in [2.45, 2.75) is 30.8 Å². The fraction of sp³-hybridized carbons (Fsp3) is 0.292. The highest BCUT2D eigenvalue weighted by Crippen LogP contribution is 2.33. The molecule has 3 nitrogen and oxygen atoms in total. The molecule has 4 heteroatoms. The highest BCUT2D eigenvalue weighted by molar-refractivity contribution is 7.99. The van der Waals surface area contributed by atoms with E-state index in [9.17, 15) is 5.11 Å². The van der Waals surface area contributed by atoms with E-state index in [0.29, 0.717) is 5.92 Å². The van der Waals surface area contributed by atoms with Crippen molar-refractivity contribution in [1.82, 2.24) is 9.97 Å². The Kier molecular flexibility index (Phi) is 7.94. The van der Waals surface area contributed by atoms with E-state index < -0.39 is 0 Å². The first-order chi connectivity index (χ1) is 13.8. The fourth-order valence-corrected chi connectivity index (χ4v) is 4.21. The van der Waals surface area contributed by atoms with Gasteiger partial charge in [-0.2, -0.15) is 0 Å². The maximum atomic E-state index is 9.19. The molecule has 3 rings (SSSR count). The van der Waals surface area contributed by atoms with E-state index in [2.05, 4.69) is 48.0 Å². The molecule has 0 aliphatic rings. The van der Waals surface area contributed by atoms with Crippen LogP contribution in [0, 0.1) is 5.92 Å². The standard InChI is InChI=1S/C24H28N2OS/c1-2-10-19(16-17-27)11-9-18-28-24-25-22(20-12-5-3-6-13-20)23(26-24)21-14-7-4-8-15-21/h2-8,12-15,19,27H,1,9-11,16-18H2,(H,25,26). The zero-order chi connectivity index (χ0) is 19.6. The molecule has 2 aromatic carbocycles. The summed E-state index contributed by atoms with van der Waals surface area (Å²) in [6, 6.07) is 20.7. The van der Waals surface area contributed by atoms with Crippen LogP contribution >= 0.6 is 11.8 Å². The summed E-state index contributed by atoms with van der Waals surface area (Å²) in [4.78, 5) is 8.43. The molecule has 1 heterocycles. The molecule has 1 atom stereocenters. The molecule has 0 aliphatic heterocycles. The lowest BCUT2D eigenvalue weighted by Crippen LogP contribution is -2.02. The van der Waals surface area contributed by atoms with Gasteiger partial charge >= 0.3 is 0 Å². The van der Waals surface area contributed by atoms with Crippen LogP contribution in [0.25, 0.3) is 22.5 Å². The van der Waals surface area contributed by atoms with Gasteiger partial charge in [-0.05, 0) is 31.6 Å². The predicted molar refractivity (Wildman–Crippen MR) is 119 cm³/mol. The Balaban J connectivity index is 1.70. The van der Waals surface area contributed by atoms with Crippen LogP contribution in [0.2, 0.25) is 0 Å². The quantitative estimate of drug-likeness (QED) is 0.232. The number of hydrogen-bond donors (Lipinski definition) is 2. The van der Waals surface area contributed by atoms with Gasteiger partial charge in [0, 0.05) is 23.5 Å². The van der Waals surface area contributed by atoms with Crippen LogP contribution < -0.4 is 0 Å². The molecule has 0 saturated heterocycles. The number of hydrogen-bond acceptors (Lipinski definition) is 3. The normalized spacial score (nSPS) is 12.0. The van der Waals surface area contributed by atoms with Gasteiger partial charge in [0.15, 0.2) is 5.16 Å². The topological polar surface area (TPSA) is 48.9 Å². The van der Waals surface area contributed by atoms with Crippen LogP contribution in [0.5, 0.6) is 0 Å². The first-order valence-electron chi connectivity index (χ1n) is 9.87. The average Bonchev–Trinajstić information content (AvgIpc) is 3.17. The van der Waals surface area contributed by atoms with Crippen molar-refractivity contribution in [3.05, 3.63) is 73.3 Å². The van der Waals surface area contributed by atoms with Gasteiger partial charge in [-0.15, -0.1) is 6.58 Å². The summed E-state index contributed by atoms with van der Waals surface area (Å²) in [6.07, 6.45) is 6.00. The number of nitrogens with one attached hydrogen (secondary N) is 1. The first kappa shape index (κ1) is 20.4. The van der Waals surface area contributed by atoms with Gasteiger partial charge in [0.05, 0.1) is 11.4 Å². The molecule has 28 heavy (non-hydrogen) atoms. The summed E-state index contributed by atoms with van der Waals surface area (Å²) >= 11 is 1.77. The Morgan fingerprint density at radius 1 is 1.00 bits per heavy atom. The molecule has 0 saturated carbocycles. The van der Waals surface area contributed by atoms with Crippen molar-refractivity contribution in [3.8, 4) is 22.5 Å². The second-order valence-corrected chi connectivity index (χ2v) is 7.97. The van der Waals surface area contributed by atoms with Crippen molar-refractivity contribution >= 4 is 11.8 Å². The summed E-state index contributed by atoms with van der Waals surface area (Å²) in [7, 11) is 0. The Morgan fingerprint density at radius 3 is 2.32 bits per heavy atom. The smallest absolute Gasteiger partial charge is 0.166 e. The molecule has 3 aromatic rings. The number of aliphatic hydroxyl groups is 1. The molecule has 0 aliphatic carbocycles. The predicted octanol–water partition coefficient (Wildman–Crippen LogP) is 6.19. The second kappa shape index (κ2) is 10.9. The third kappa shape index (κ3) is 5.60. The zero-order valence-electron chi connectivity index (χ0n) is 16.2. The van der Waals surface area contributed by atoms with Gasteiger partial charge in [-0.1, -0.05) is 78.5 Å². The van der Waals surface area contributed by atoms with Crippen LogP contribution in [-0.4, -0.2) is 27.4 Å². The van der Waals surface area contributed by atoms with E-state index in [1.54, 1.807) is 11.8 Å². The summed E-state index contributed by atoms with van der Waals surface area (Å²) in [6.45, 7) is 4.08. The number of thioether (sulfide) groups is 1. The number of aromatic nitrogens is 2. The number of H-pyrrole nitrogens is 1. The molecule has 0 amide bonds. The fourth-order valence-electron chi connectivity index (χ4n) is 3.38. The van der Waals surface area contributed by atoms with Gasteiger partial charge in [-0.25, -0.2) is 4.98 Å². The number of rotatable bonds is 11. The van der Waals surface area contributed by atoms with E-state index in [1.807, 2.05) is 30.3 Å². The van der Waals surface area contributed by atoms with Gasteiger partial charge in [0.25, 0.3) is 0 Å². The third-order valence-electron chi connectivity index (χ3n) is 4.82. The molecule has 1 aromatic heterocycles. The molecular weight excluding hydrogens is 364 g/mol. The van der Waals surface area contributed by atoms with Crippen LogP contribution in [0.15, 0.2) is 78.5 Å².